The first kappa shape index (κ1) is 30.9. The van der Waals surface area contributed by atoms with Crippen LogP contribution in [0, 0.1) is 17.0 Å². The van der Waals surface area contributed by atoms with Crippen molar-refractivity contribution in [1.82, 2.24) is 14.5 Å². The summed E-state index contributed by atoms with van der Waals surface area (Å²) in [5, 5.41) is 19.0. The molecule has 1 heterocycles. The molecule has 38 heavy (non-hydrogen) atoms. The van der Waals surface area contributed by atoms with E-state index in [0.29, 0.717) is 12.4 Å². The third-order valence-corrected chi connectivity index (χ3v) is 6.04. The molecule has 0 aliphatic carbocycles. The topological polar surface area (TPSA) is 122 Å². The summed E-state index contributed by atoms with van der Waals surface area (Å²) >= 11 is 0. The number of amides is 1. The predicted octanol–water partition coefficient (Wildman–Crippen LogP) is 4.01. The lowest BCUT2D eigenvalue weighted by atomic mass is 9.84. The quantitative estimate of drug-likeness (QED) is 0.351. The maximum Gasteiger partial charge on any atom is 0.320 e. The number of halogens is 3. The first-order valence-electron chi connectivity index (χ1n) is 11.9. The fraction of sp³-hybridized carbons (Fsp3) is 0.370. The van der Waals surface area contributed by atoms with Gasteiger partial charge in [0.15, 0.2) is 0 Å². The van der Waals surface area contributed by atoms with Gasteiger partial charge < -0.3 is 25.4 Å². The van der Waals surface area contributed by atoms with Gasteiger partial charge in [-0.2, -0.15) is 0 Å². The summed E-state index contributed by atoms with van der Waals surface area (Å²) in [4.78, 5) is 30.3. The number of carboxylic acid groups (broad SMARTS) is 1. The molecule has 3 aromatic rings. The van der Waals surface area contributed by atoms with E-state index in [1.54, 1.807) is 10.8 Å². The Hall–Kier alpha value is -3.34. The Labute approximate surface area is 226 Å². The fourth-order valence-corrected chi connectivity index (χ4v) is 4.26. The number of carboxylic acids is 1. The molecule has 0 fully saturated rings. The first-order chi connectivity index (χ1) is 17.4. The maximum atomic E-state index is 14.7. The number of carbonyl (C=O) groups is 2. The smallest absolute Gasteiger partial charge is 0.320 e. The van der Waals surface area contributed by atoms with Crippen molar-refractivity contribution in [2.24, 2.45) is 11.1 Å². The molecule has 0 unspecified atom stereocenters. The van der Waals surface area contributed by atoms with Gasteiger partial charge in [-0.3, -0.25) is 9.59 Å². The molecule has 0 saturated carbocycles. The van der Waals surface area contributed by atoms with Crippen LogP contribution in [0.2, 0.25) is 0 Å². The van der Waals surface area contributed by atoms with Gasteiger partial charge in [-0.1, -0.05) is 51.1 Å². The van der Waals surface area contributed by atoms with Gasteiger partial charge in [0, 0.05) is 24.8 Å². The van der Waals surface area contributed by atoms with Crippen LogP contribution in [0.5, 0.6) is 0 Å². The lowest BCUT2D eigenvalue weighted by Gasteiger charge is -2.40. The summed E-state index contributed by atoms with van der Waals surface area (Å²) in [5.74, 6) is -2.74. The number of hydrogen-bond donors (Lipinski definition) is 3. The monoisotopic (exact) mass is 550 g/mol. The molecular formula is C27H33ClF2N4O4. The number of hydrogen-bond acceptors (Lipinski definition) is 5. The normalized spacial score (nSPS) is 12.9. The number of aliphatic hydroxyl groups excluding tert-OH is 1. The highest BCUT2D eigenvalue weighted by atomic mass is 35.5. The molecule has 0 radical (unpaired) electrons. The van der Waals surface area contributed by atoms with Crippen LogP contribution in [0.1, 0.15) is 44.6 Å². The van der Waals surface area contributed by atoms with E-state index < -0.39 is 47.6 Å². The number of nitrogens with two attached hydrogens (primary N) is 1. The van der Waals surface area contributed by atoms with Gasteiger partial charge in [0.05, 0.1) is 11.7 Å². The first-order valence-corrected chi connectivity index (χ1v) is 11.9. The minimum Gasteiger partial charge on any atom is -0.480 e. The van der Waals surface area contributed by atoms with Crippen molar-refractivity contribution in [3.05, 3.63) is 77.8 Å². The molecule has 0 aliphatic heterocycles. The number of nitrogens with zero attached hydrogens (tertiary/aromatic N) is 3. The summed E-state index contributed by atoms with van der Waals surface area (Å²) in [6.45, 7) is 5.07. The van der Waals surface area contributed by atoms with E-state index in [0.717, 1.165) is 23.8 Å². The Balaban J connectivity index is 0.00000507. The zero-order valence-electron chi connectivity index (χ0n) is 21.5. The minimum absolute atomic E-state index is 0. The number of aromatic nitrogens is 2. The van der Waals surface area contributed by atoms with Crippen LogP contribution in [0.25, 0.3) is 11.3 Å². The molecule has 0 aliphatic rings. The van der Waals surface area contributed by atoms with Gasteiger partial charge in [0.1, 0.15) is 30.1 Å². The second kappa shape index (κ2) is 12.9. The second-order valence-electron chi connectivity index (χ2n) is 9.97. The molecule has 0 bridgehead atoms. The van der Waals surface area contributed by atoms with Crippen LogP contribution >= 0.6 is 12.4 Å². The Bertz CT molecular complexity index is 1250. The van der Waals surface area contributed by atoms with E-state index in [9.17, 15) is 28.6 Å². The fourth-order valence-electron chi connectivity index (χ4n) is 4.26. The number of aliphatic hydroxyl groups is 1. The van der Waals surface area contributed by atoms with Crippen LogP contribution in [0.4, 0.5) is 8.78 Å². The van der Waals surface area contributed by atoms with E-state index in [1.807, 2.05) is 51.1 Å². The molecule has 2 aromatic carbocycles. The van der Waals surface area contributed by atoms with Gasteiger partial charge in [-0.25, -0.2) is 13.8 Å². The van der Waals surface area contributed by atoms with E-state index in [4.69, 9.17) is 5.73 Å². The summed E-state index contributed by atoms with van der Waals surface area (Å²) in [7, 11) is 0. The van der Waals surface area contributed by atoms with Crippen LogP contribution in [-0.4, -0.2) is 55.7 Å². The van der Waals surface area contributed by atoms with Crippen LogP contribution in [-0.2, 0) is 16.1 Å². The molecule has 1 aromatic heterocycles. The highest BCUT2D eigenvalue weighted by Gasteiger charge is 2.38. The molecule has 11 heteroatoms. The van der Waals surface area contributed by atoms with Crippen LogP contribution in [0.15, 0.2) is 54.7 Å². The van der Waals surface area contributed by atoms with E-state index in [1.165, 1.54) is 4.90 Å². The lowest BCUT2D eigenvalue weighted by Crippen LogP contribution is -2.46. The third-order valence-electron chi connectivity index (χ3n) is 6.04. The number of aliphatic carboxylic acids is 1. The van der Waals surface area contributed by atoms with Crippen molar-refractivity contribution in [1.29, 1.82) is 0 Å². The SMILES string of the molecule is CC(C)(C)[C@H](c1nc(-c2cc(F)ccc2F)cn1Cc1ccccc1)N(CC[C@H](N)C(=O)O)C(=O)CO.Cl. The van der Waals surface area contributed by atoms with E-state index in [-0.39, 0.29) is 36.6 Å². The number of carbonyl (C=O) groups excluding carboxylic acids is 1. The van der Waals surface area contributed by atoms with Crippen LogP contribution in [0.3, 0.4) is 0 Å². The second-order valence-corrected chi connectivity index (χ2v) is 9.97. The molecule has 0 saturated heterocycles. The predicted molar refractivity (Wildman–Crippen MR) is 142 cm³/mol. The lowest BCUT2D eigenvalue weighted by molar-refractivity contribution is -0.142. The Morgan fingerprint density at radius 1 is 1.13 bits per heavy atom. The molecule has 4 N–H and O–H groups in total. The van der Waals surface area contributed by atoms with Crippen LogP contribution < -0.4 is 5.73 Å². The van der Waals surface area contributed by atoms with Gasteiger partial charge in [-0.05, 0) is 35.6 Å². The minimum atomic E-state index is -1.21. The van der Waals surface area contributed by atoms with Gasteiger partial charge in [-0.15, -0.1) is 12.4 Å². The summed E-state index contributed by atoms with van der Waals surface area (Å²) < 4.78 is 30.5. The summed E-state index contributed by atoms with van der Waals surface area (Å²) in [5.41, 5.74) is 6.10. The molecule has 1 amide bonds. The molecule has 0 spiro atoms. The van der Waals surface area contributed by atoms with Crippen molar-refractivity contribution < 1.29 is 28.6 Å². The zero-order valence-corrected chi connectivity index (χ0v) is 22.3. The van der Waals surface area contributed by atoms with Gasteiger partial charge >= 0.3 is 5.97 Å². The molecule has 206 valence electrons. The molecular weight excluding hydrogens is 518 g/mol. The Morgan fingerprint density at radius 2 is 1.79 bits per heavy atom. The van der Waals surface area contributed by atoms with Crippen molar-refractivity contribution in [2.75, 3.05) is 13.2 Å². The average Bonchev–Trinajstić information content (AvgIpc) is 3.24. The standard InChI is InChI=1S/C27H32F2N4O4.ClH/c1-27(2,3)24(33(23(35)16-34)12-11-21(30)26(36)37)25-31-22(19-13-18(28)9-10-20(19)29)15-32(25)14-17-7-5-4-6-8-17;/h4-10,13,15,21,24,34H,11-12,14,16,30H2,1-3H3,(H,36,37);1H/t21-,24-;/m0./s1. The third kappa shape index (κ3) is 7.37. The summed E-state index contributed by atoms with van der Waals surface area (Å²) in [6, 6.07) is 10.5. The Kier molecular flexibility index (Phi) is 10.5. The average molecular weight is 551 g/mol. The highest BCUT2D eigenvalue weighted by molar-refractivity contribution is 5.85. The van der Waals surface area contributed by atoms with E-state index >= 15 is 0 Å². The van der Waals surface area contributed by atoms with E-state index in [2.05, 4.69) is 4.98 Å². The molecule has 8 nitrogen and oxygen atoms in total. The Morgan fingerprint density at radius 3 is 2.37 bits per heavy atom. The number of rotatable bonds is 10. The molecule has 2 atom stereocenters. The van der Waals surface area contributed by atoms with Gasteiger partial charge in [0.2, 0.25) is 5.91 Å². The van der Waals surface area contributed by atoms with Gasteiger partial charge in [0.25, 0.3) is 0 Å². The largest absolute Gasteiger partial charge is 0.480 e. The van der Waals surface area contributed by atoms with Crippen molar-refractivity contribution in [2.45, 2.75) is 45.8 Å². The summed E-state index contributed by atoms with van der Waals surface area (Å²) in [6.07, 6.45) is 1.54. The van der Waals surface area contributed by atoms with Crippen molar-refractivity contribution in [3.8, 4) is 11.3 Å². The number of imidazole rings is 1. The number of benzene rings is 2. The maximum absolute atomic E-state index is 14.7. The van der Waals surface area contributed by atoms with Crippen molar-refractivity contribution in [3.63, 3.8) is 0 Å². The van der Waals surface area contributed by atoms with Crippen molar-refractivity contribution >= 4 is 24.3 Å². The molecule has 3 rings (SSSR count). The highest BCUT2D eigenvalue weighted by Crippen LogP contribution is 2.39. The zero-order chi connectivity index (χ0) is 27.3.